The van der Waals surface area contributed by atoms with Crippen LogP contribution in [0.2, 0.25) is 0 Å². The van der Waals surface area contributed by atoms with Crippen LogP contribution in [0.4, 0.5) is 0 Å². The maximum Gasteiger partial charge on any atom is 0.191 e. The SMILES string of the molecule is CN=C(NCc1cc(Br)cs1)NCC(CO)c1ccccc1. The van der Waals surface area contributed by atoms with Crippen molar-refractivity contribution in [2.45, 2.75) is 12.5 Å². The van der Waals surface area contributed by atoms with Gasteiger partial charge in [-0.2, -0.15) is 0 Å². The van der Waals surface area contributed by atoms with Crippen molar-refractivity contribution in [2.75, 3.05) is 20.2 Å². The van der Waals surface area contributed by atoms with E-state index in [1.54, 1.807) is 18.4 Å². The minimum atomic E-state index is 0.0515. The first-order valence-electron chi connectivity index (χ1n) is 7.06. The molecule has 22 heavy (non-hydrogen) atoms. The average Bonchev–Trinajstić information content (AvgIpc) is 2.97. The van der Waals surface area contributed by atoms with Crippen molar-refractivity contribution in [3.8, 4) is 0 Å². The lowest BCUT2D eigenvalue weighted by molar-refractivity contribution is 0.265. The van der Waals surface area contributed by atoms with Gasteiger partial charge in [0.25, 0.3) is 0 Å². The van der Waals surface area contributed by atoms with Gasteiger partial charge >= 0.3 is 0 Å². The normalized spacial score (nSPS) is 13.0. The number of aliphatic hydroxyl groups excluding tert-OH is 1. The van der Waals surface area contributed by atoms with Crippen molar-refractivity contribution < 1.29 is 5.11 Å². The first-order chi connectivity index (χ1) is 10.7. The fourth-order valence-corrected chi connectivity index (χ4v) is 3.46. The van der Waals surface area contributed by atoms with Gasteiger partial charge in [0, 0.05) is 34.2 Å². The summed E-state index contributed by atoms with van der Waals surface area (Å²) in [5, 5.41) is 18.2. The molecule has 2 rings (SSSR count). The predicted molar refractivity (Wildman–Crippen MR) is 96.5 cm³/mol. The van der Waals surface area contributed by atoms with Crippen LogP contribution in [0.3, 0.4) is 0 Å². The summed E-state index contributed by atoms with van der Waals surface area (Å²) >= 11 is 5.15. The summed E-state index contributed by atoms with van der Waals surface area (Å²) in [5.74, 6) is 0.787. The van der Waals surface area contributed by atoms with Crippen LogP contribution in [0.15, 0.2) is 51.2 Å². The van der Waals surface area contributed by atoms with Crippen molar-refractivity contribution in [3.05, 3.63) is 56.7 Å². The summed E-state index contributed by atoms with van der Waals surface area (Å²) in [6, 6.07) is 12.1. The second-order valence-electron chi connectivity index (χ2n) is 4.83. The lowest BCUT2D eigenvalue weighted by Gasteiger charge is -2.17. The van der Waals surface area contributed by atoms with Crippen LogP contribution < -0.4 is 10.6 Å². The highest BCUT2D eigenvalue weighted by Crippen LogP contribution is 2.19. The molecule has 1 atom stereocenters. The Bertz CT molecular complexity index is 600. The number of guanidine groups is 1. The van der Waals surface area contributed by atoms with E-state index in [2.05, 4.69) is 43.0 Å². The second kappa shape index (κ2) is 8.92. The molecule has 2 aromatic rings. The van der Waals surface area contributed by atoms with Gasteiger partial charge in [-0.25, -0.2) is 0 Å². The fourth-order valence-electron chi connectivity index (χ4n) is 2.07. The number of thiophene rings is 1. The number of rotatable bonds is 6. The van der Waals surface area contributed by atoms with Crippen molar-refractivity contribution in [1.29, 1.82) is 0 Å². The van der Waals surface area contributed by atoms with Crippen LogP contribution in [0, 0.1) is 0 Å². The second-order valence-corrected chi connectivity index (χ2v) is 6.74. The van der Waals surface area contributed by atoms with Crippen molar-refractivity contribution in [1.82, 2.24) is 10.6 Å². The van der Waals surface area contributed by atoms with Crippen LogP contribution >= 0.6 is 27.3 Å². The zero-order valence-electron chi connectivity index (χ0n) is 12.4. The van der Waals surface area contributed by atoms with E-state index in [-0.39, 0.29) is 12.5 Å². The van der Waals surface area contributed by atoms with Gasteiger partial charge in [-0.3, -0.25) is 4.99 Å². The molecule has 0 fully saturated rings. The monoisotopic (exact) mass is 381 g/mol. The molecular weight excluding hydrogens is 362 g/mol. The van der Waals surface area contributed by atoms with Crippen LogP contribution in [0.1, 0.15) is 16.4 Å². The Morgan fingerprint density at radius 3 is 2.68 bits per heavy atom. The largest absolute Gasteiger partial charge is 0.396 e. The molecule has 1 aromatic heterocycles. The van der Waals surface area contributed by atoms with Gasteiger partial charge < -0.3 is 15.7 Å². The smallest absolute Gasteiger partial charge is 0.191 e. The first kappa shape index (κ1) is 17.0. The van der Waals surface area contributed by atoms with E-state index >= 15 is 0 Å². The molecule has 1 aromatic carbocycles. The molecule has 0 aliphatic carbocycles. The third-order valence-corrected chi connectivity index (χ3v) is 4.98. The highest BCUT2D eigenvalue weighted by atomic mass is 79.9. The van der Waals surface area contributed by atoms with Gasteiger partial charge in [-0.05, 0) is 27.6 Å². The molecule has 0 saturated carbocycles. The highest BCUT2D eigenvalue weighted by Gasteiger charge is 2.10. The van der Waals surface area contributed by atoms with Crippen LogP contribution in [-0.4, -0.2) is 31.3 Å². The molecule has 0 bridgehead atoms. The van der Waals surface area contributed by atoms with E-state index in [1.165, 1.54) is 4.88 Å². The van der Waals surface area contributed by atoms with Gasteiger partial charge in [-0.15, -0.1) is 11.3 Å². The van der Waals surface area contributed by atoms with Crippen LogP contribution in [0.5, 0.6) is 0 Å². The Morgan fingerprint density at radius 1 is 1.32 bits per heavy atom. The summed E-state index contributed by atoms with van der Waals surface area (Å²) in [7, 11) is 1.75. The zero-order chi connectivity index (χ0) is 15.8. The van der Waals surface area contributed by atoms with Gasteiger partial charge in [0.05, 0.1) is 13.2 Å². The quantitative estimate of drug-likeness (QED) is 0.532. The van der Waals surface area contributed by atoms with Gasteiger partial charge in [0.2, 0.25) is 0 Å². The number of aliphatic hydroxyl groups is 1. The molecule has 1 heterocycles. The van der Waals surface area contributed by atoms with E-state index in [4.69, 9.17) is 0 Å². The number of aliphatic imine (C=N–C) groups is 1. The maximum absolute atomic E-state index is 9.57. The van der Waals surface area contributed by atoms with Crippen molar-refractivity contribution in [2.24, 2.45) is 4.99 Å². The number of halogens is 1. The molecule has 0 aliphatic heterocycles. The Kier molecular flexibility index (Phi) is 6.89. The Morgan fingerprint density at radius 2 is 2.09 bits per heavy atom. The molecule has 0 aliphatic rings. The number of nitrogens with one attached hydrogen (secondary N) is 2. The lowest BCUT2D eigenvalue weighted by Crippen LogP contribution is -2.39. The van der Waals surface area contributed by atoms with Crippen LogP contribution in [0.25, 0.3) is 0 Å². The summed E-state index contributed by atoms with van der Waals surface area (Å²) in [6.07, 6.45) is 0. The van der Waals surface area contributed by atoms with E-state index in [1.807, 2.05) is 30.3 Å². The molecule has 6 heteroatoms. The maximum atomic E-state index is 9.57. The summed E-state index contributed by atoms with van der Waals surface area (Å²) in [5.41, 5.74) is 1.12. The minimum absolute atomic E-state index is 0.0515. The number of hydrogen-bond donors (Lipinski definition) is 3. The molecule has 0 spiro atoms. The Hall–Kier alpha value is -1.37. The molecule has 0 saturated heterocycles. The molecule has 0 radical (unpaired) electrons. The van der Waals surface area contributed by atoms with Crippen molar-refractivity contribution in [3.63, 3.8) is 0 Å². The Labute approximate surface area is 143 Å². The summed E-state index contributed by atoms with van der Waals surface area (Å²) in [6.45, 7) is 1.46. The van der Waals surface area contributed by atoms with E-state index in [9.17, 15) is 5.11 Å². The van der Waals surface area contributed by atoms with E-state index in [0.717, 1.165) is 22.5 Å². The molecule has 0 amide bonds. The number of benzene rings is 1. The molecule has 1 unspecified atom stereocenters. The van der Waals surface area contributed by atoms with Gasteiger partial charge in [0.1, 0.15) is 0 Å². The molecule has 118 valence electrons. The summed E-state index contributed by atoms with van der Waals surface area (Å²) < 4.78 is 1.10. The third-order valence-electron chi connectivity index (χ3n) is 3.28. The molecule has 4 nitrogen and oxygen atoms in total. The number of hydrogen-bond acceptors (Lipinski definition) is 3. The average molecular weight is 382 g/mol. The van der Waals surface area contributed by atoms with Gasteiger partial charge in [-0.1, -0.05) is 30.3 Å². The van der Waals surface area contributed by atoms with E-state index in [0.29, 0.717) is 6.54 Å². The summed E-state index contributed by atoms with van der Waals surface area (Å²) in [4.78, 5) is 5.45. The topological polar surface area (TPSA) is 56.7 Å². The van der Waals surface area contributed by atoms with E-state index < -0.39 is 0 Å². The molecule has 3 N–H and O–H groups in total. The van der Waals surface area contributed by atoms with Crippen molar-refractivity contribution >= 4 is 33.2 Å². The lowest BCUT2D eigenvalue weighted by atomic mass is 10.0. The zero-order valence-corrected chi connectivity index (χ0v) is 14.8. The first-order valence-corrected chi connectivity index (χ1v) is 8.73. The fraction of sp³-hybridized carbons (Fsp3) is 0.312. The predicted octanol–water partition coefficient (Wildman–Crippen LogP) is 2.95. The molecular formula is C16H20BrN3OS. The number of nitrogens with zero attached hydrogens (tertiary/aromatic N) is 1. The van der Waals surface area contributed by atoms with Crippen LogP contribution in [-0.2, 0) is 6.54 Å². The third kappa shape index (κ3) is 5.12. The van der Waals surface area contributed by atoms with Gasteiger partial charge in [0.15, 0.2) is 5.96 Å². The minimum Gasteiger partial charge on any atom is -0.396 e. The Balaban J connectivity index is 1.85. The standard InChI is InChI=1S/C16H20BrN3OS/c1-18-16(20-9-15-7-14(17)11-22-15)19-8-13(10-21)12-5-3-2-4-6-12/h2-7,11,13,21H,8-10H2,1H3,(H2,18,19,20). The highest BCUT2D eigenvalue weighted by molar-refractivity contribution is 9.10.